The van der Waals surface area contributed by atoms with Gasteiger partial charge < -0.3 is 15.4 Å². The van der Waals surface area contributed by atoms with Crippen LogP contribution in [0.25, 0.3) is 0 Å². The summed E-state index contributed by atoms with van der Waals surface area (Å²) in [5, 5.41) is 3.69. The minimum absolute atomic E-state index is 0.254. The number of esters is 1. The van der Waals surface area contributed by atoms with E-state index in [-0.39, 0.29) is 12.2 Å². The van der Waals surface area contributed by atoms with E-state index in [0.717, 1.165) is 7.11 Å². The van der Waals surface area contributed by atoms with Gasteiger partial charge in [-0.1, -0.05) is 36.4 Å². The van der Waals surface area contributed by atoms with Crippen LogP contribution < -0.4 is 10.6 Å². The van der Waals surface area contributed by atoms with E-state index in [2.05, 4.69) is 9.72 Å². The zero-order valence-corrected chi connectivity index (χ0v) is 13.7. The molecule has 0 aliphatic rings. The van der Waals surface area contributed by atoms with Crippen molar-refractivity contribution in [3.63, 3.8) is 0 Å². The molecule has 2 aromatic rings. The zero-order chi connectivity index (χ0) is 19.2. The van der Waals surface area contributed by atoms with Crippen molar-refractivity contribution in [1.82, 2.24) is 10.3 Å². The van der Waals surface area contributed by atoms with E-state index in [1.54, 1.807) is 35.6 Å². The number of ether oxygens (including phenoxy) is 1. The Balaban J connectivity index is 2.35. The van der Waals surface area contributed by atoms with Gasteiger partial charge in [-0.05, 0) is 17.7 Å². The molecule has 0 aliphatic heterocycles. The number of rotatable bonds is 6. The lowest BCUT2D eigenvalue weighted by Gasteiger charge is -2.34. The zero-order valence-electron chi connectivity index (χ0n) is 13.7. The number of carbonyl (C=O) groups excluding carboxylic acids is 2. The quantitative estimate of drug-likeness (QED) is 0.605. The fourth-order valence-corrected chi connectivity index (χ4v) is 2.21. The summed E-state index contributed by atoms with van der Waals surface area (Å²) >= 11 is 0. The van der Waals surface area contributed by atoms with Gasteiger partial charge in [0.2, 0.25) is 5.91 Å². The van der Waals surface area contributed by atoms with Crippen LogP contribution in [0.1, 0.15) is 5.56 Å². The number of pyridine rings is 1. The first kappa shape index (κ1) is 19.2. The lowest BCUT2D eigenvalue weighted by Crippen LogP contribution is -2.69. The normalized spacial score (nSPS) is 13.4. The Kier molecular flexibility index (Phi) is 5.81. The number of alkyl halides is 3. The minimum atomic E-state index is -5.19. The van der Waals surface area contributed by atoms with E-state index >= 15 is 0 Å². The Morgan fingerprint density at radius 2 is 1.73 bits per heavy atom. The van der Waals surface area contributed by atoms with Crippen LogP contribution in [0.3, 0.4) is 0 Å². The number of nitrogens with zero attached hydrogens (tertiary/aromatic N) is 1. The Hall–Kier alpha value is -3.10. The summed E-state index contributed by atoms with van der Waals surface area (Å²) < 4.78 is 45.7. The number of halogens is 3. The van der Waals surface area contributed by atoms with E-state index in [4.69, 9.17) is 0 Å². The standard InChI is InChI=1S/C17H16F3N3O3/c1-26-15(25)16(17(18,19)20,22-13-9-5-6-10-21-13)23-14(24)11-12-7-3-2-4-8-12/h2-10H,11H2,1H3,(H,21,22)(H,23,24)/t16-/m1/s1. The van der Waals surface area contributed by atoms with E-state index in [9.17, 15) is 22.8 Å². The summed E-state index contributed by atoms with van der Waals surface area (Å²) in [5.74, 6) is -2.98. The monoisotopic (exact) mass is 367 g/mol. The Morgan fingerprint density at radius 3 is 2.27 bits per heavy atom. The molecule has 0 fully saturated rings. The molecule has 0 saturated heterocycles. The van der Waals surface area contributed by atoms with Crippen molar-refractivity contribution >= 4 is 17.7 Å². The van der Waals surface area contributed by atoms with Gasteiger partial charge in [0, 0.05) is 6.20 Å². The van der Waals surface area contributed by atoms with Gasteiger partial charge in [0.25, 0.3) is 0 Å². The van der Waals surface area contributed by atoms with Gasteiger partial charge in [-0.2, -0.15) is 13.2 Å². The fraction of sp³-hybridized carbons (Fsp3) is 0.235. The molecule has 0 aliphatic carbocycles. The third kappa shape index (κ3) is 4.29. The topological polar surface area (TPSA) is 80.3 Å². The number of nitrogens with one attached hydrogen (secondary N) is 2. The Morgan fingerprint density at radius 1 is 1.08 bits per heavy atom. The lowest BCUT2D eigenvalue weighted by atomic mass is 10.1. The molecule has 138 valence electrons. The van der Waals surface area contributed by atoms with Crippen molar-refractivity contribution in [2.24, 2.45) is 0 Å². The molecule has 26 heavy (non-hydrogen) atoms. The maximum atomic E-state index is 13.8. The van der Waals surface area contributed by atoms with Crippen LogP contribution >= 0.6 is 0 Å². The third-order valence-corrected chi connectivity index (χ3v) is 3.43. The predicted octanol–water partition coefficient (Wildman–Crippen LogP) is 2.28. The van der Waals surface area contributed by atoms with Crippen molar-refractivity contribution in [1.29, 1.82) is 0 Å². The highest BCUT2D eigenvalue weighted by atomic mass is 19.4. The van der Waals surface area contributed by atoms with Crippen molar-refractivity contribution in [2.45, 2.75) is 18.3 Å². The van der Waals surface area contributed by atoms with Gasteiger partial charge in [0.1, 0.15) is 5.82 Å². The third-order valence-electron chi connectivity index (χ3n) is 3.43. The van der Waals surface area contributed by atoms with Crippen LogP contribution in [0.15, 0.2) is 54.7 Å². The van der Waals surface area contributed by atoms with E-state index < -0.39 is 23.7 Å². The van der Waals surface area contributed by atoms with Crippen LogP contribution in [0.5, 0.6) is 0 Å². The van der Waals surface area contributed by atoms with Gasteiger partial charge in [-0.25, -0.2) is 9.78 Å². The van der Waals surface area contributed by atoms with Gasteiger partial charge in [-0.15, -0.1) is 0 Å². The molecule has 0 saturated carbocycles. The maximum absolute atomic E-state index is 13.8. The highest BCUT2D eigenvalue weighted by Gasteiger charge is 2.63. The maximum Gasteiger partial charge on any atom is 0.441 e. The molecule has 1 amide bonds. The van der Waals surface area contributed by atoms with Gasteiger partial charge in [0.05, 0.1) is 13.5 Å². The first-order valence-electron chi connectivity index (χ1n) is 7.48. The Labute approximate surface area is 147 Å². The van der Waals surface area contributed by atoms with Crippen LogP contribution in [-0.4, -0.2) is 35.8 Å². The minimum Gasteiger partial charge on any atom is -0.466 e. The van der Waals surface area contributed by atoms with E-state index in [1.165, 1.54) is 24.4 Å². The fourth-order valence-electron chi connectivity index (χ4n) is 2.21. The molecule has 0 radical (unpaired) electrons. The number of aromatic nitrogens is 1. The first-order valence-corrected chi connectivity index (χ1v) is 7.48. The summed E-state index contributed by atoms with van der Waals surface area (Å²) in [6, 6.07) is 12.3. The van der Waals surface area contributed by atoms with Gasteiger partial charge in [-0.3, -0.25) is 4.79 Å². The average Bonchev–Trinajstić information content (AvgIpc) is 2.61. The van der Waals surface area contributed by atoms with E-state index in [1.807, 2.05) is 5.32 Å². The number of benzene rings is 1. The van der Waals surface area contributed by atoms with Gasteiger partial charge >= 0.3 is 17.8 Å². The number of anilines is 1. The van der Waals surface area contributed by atoms with Crippen molar-refractivity contribution in [2.75, 3.05) is 12.4 Å². The highest BCUT2D eigenvalue weighted by Crippen LogP contribution is 2.32. The second-order valence-electron chi connectivity index (χ2n) is 5.29. The summed E-state index contributed by atoms with van der Waals surface area (Å²) in [6.45, 7) is 0. The molecule has 1 aromatic heterocycles. The largest absolute Gasteiger partial charge is 0.466 e. The predicted molar refractivity (Wildman–Crippen MR) is 87.0 cm³/mol. The molecule has 1 aromatic carbocycles. The second kappa shape index (κ2) is 7.85. The smallest absolute Gasteiger partial charge is 0.441 e. The first-order chi connectivity index (χ1) is 12.3. The Bertz CT molecular complexity index is 754. The number of carbonyl (C=O) groups is 2. The summed E-state index contributed by atoms with van der Waals surface area (Å²) in [5.41, 5.74) is -2.98. The van der Waals surface area contributed by atoms with Crippen LogP contribution in [0, 0.1) is 0 Å². The molecule has 6 nitrogen and oxygen atoms in total. The molecular weight excluding hydrogens is 351 g/mol. The second-order valence-corrected chi connectivity index (χ2v) is 5.29. The molecule has 9 heteroatoms. The summed E-state index contributed by atoms with van der Waals surface area (Å²) in [7, 11) is 0.798. The molecule has 0 unspecified atom stereocenters. The SMILES string of the molecule is COC(=O)[C@](NC(=O)Cc1ccccc1)(Nc1ccccn1)C(F)(F)F. The summed E-state index contributed by atoms with van der Waals surface area (Å²) in [6.07, 6.45) is -4.30. The number of hydrogen-bond acceptors (Lipinski definition) is 5. The van der Waals surface area contributed by atoms with Crippen LogP contribution in [-0.2, 0) is 20.7 Å². The van der Waals surface area contributed by atoms with E-state index in [0.29, 0.717) is 5.56 Å². The number of methoxy groups -OCH3 is 1. The molecule has 2 rings (SSSR count). The highest BCUT2D eigenvalue weighted by molar-refractivity contribution is 5.91. The molecule has 1 heterocycles. The molecule has 0 bridgehead atoms. The summed E-state index contributed by atoms with van der Waals surface area (Å²) in [4.78, 5) is 27.9. The van der Waals surface area contributed by atoms with Crippen LogP contribution in [0.4, 0.5) is 19.0 Å². The number of hydrogen-bond donors (Lipinski definition) is 2. The molecule has 2 N–H and O–H groups in total. The molecule has 1 atom stereocenters. The van der Waals surface area contributed by atoms with Crippen molar-refractivity contribution in [3.8, 4) is 0 Å². The lowest BCUT2D eigenvalue weighted by molar-refractivity contribution is -0.206. The van der Waals surface area contributed by atoms with Crippen LogP contribution in [0.2, 0.25) is 0 Å². The number of amides is 1. The molecule has 0 spiro atoms. The van der Waals surface area contributed by atoms with Crippen molar-refractivity contribution < 1.29 is 27.5 Å². The van der Waals surface area contributed by atoms with Gasteiger partial charge in [0.15, 0.2) is 0 Å². The van der Waals surface area contributed by atoms with Crippen molar-refractivity contribution in [3.05, 3.63) is 60.3 Å². The average molecular weight is 367 g/mol. The molecular formula is C17H16F3N3O3.